The van der Waals surface area contributed by atoms with Gasteiger partial charge in [-0.15, -0.1) is 0 Å². The van der Waals surface area contributed by atoms with Gasteiger partial charge in [0.2, 0.25) is 5.91 Å². The molecule has 0 aromatic heterocycles. The molecule has 8 nitrogen and oxygen atoms in total. The number of likely N-dealkylation sites (N-methyl/N-ethyl adjacent to an activating group) is 1. The predicted molar refractivity (Wildman–Crippen MR) is 105 cm³/mol. The van der Waals surface area contributed by atoms with Gasteiger partial charge < -0.3 is 19.5 Å². The van der Waals surface area contributed by atoms with Crippen molar-refractivity contribution in [3.63, 3.8) is 0 Å². The van der Waals surface area contributed by atoms with E-state index in [1.165, 1.54) is 24.0 Å². The zero-order chi connectivity index (χ0) is 21.1. The highest BCUT2D eigenvalue weighted by molar-refractivity contribution is 6.03. The van der Waals surface area contributed by atoms with Crippen LogP contribution in [0, 0.1) is 0 Å². The van der Waals surface area contributed by atoms with Crippen molar-refractivity contribution in [2.75, 3.05) is 34.4 Å². The Labute approximate surface area is 169 Å². The molecule has 2 atom stereocenters. The molecular formula is C21H26N2O6. The van der Waals surface area contributed by atoms with E-state index in [0.29, 0.717) is 17.6 Å². The van der Waals surface area contributed by atoms with Crippen LogP contribution in [0.3, 0.4) is 0 Å². The maximum absolute atomic E-state index is 12.8. The minimum atomic E-state index is -0.733. The molecule has 2 bridgehead atoms. The summed E-state index contributed by atoms with van der Waals surface area (Å²) >= 11 is 0. The first-order valence-electron chi connectivity index (χ1n) is 9.55. The molecule has 1 aromatic rings. The van der Waals surface area contributed by atoms with Crippen molar-refractivity contribution in [2.24, 2.45) is 0 Å². The lowest BCUT2D eigenvalue weighted by molar-refractivity contribution is -0.144. The summed E-state index contributed by atoms with van der Waals surface area (Å²) in [6.45, 7) is 0.314. The van der Waals surface area contributed by atoms with Crippen LogP contribution in [-0.4, -0.2) is 79.4 Å². The molecule has 8 heteroatoms. The quantitative estimate of drug-likeness (QED) is 0.744. The van der Waals surface area contributed by atoms with Gasteiger partial charge in [-0.25, -0.2) is 9.59 Å². The Morgan fingerprint density at radius 1 is 1.14 bits per heavy atom. The number of aliphatic hydroxyl groups is 1. The average molecular weight is 402 g/mol. The fraction of sp³-hybridized carbons (Fsp3) is 0.476. The van der Waals surface area contributed by atoms with E-state index in [9.17, 15) is 14.4 Å². The molecule has 1 saturated heterocycles. The summed E-state index contributed by atoms with van der Waals surface area (Å²) in [4.78, 5) is 40.8. The van der Waals surface area contributed by atoms with Crippen LogP contribution in [0.2, 0.25) is 0 Å². The number of piperazine rings is 1. The number of aryl methyl sites for hydroxylation is 1. The third-order valence-corrected chi connectivity index (χ3v) is 5.55. The van der Waals surface area contributed by atoms with Gasteiger partial charge in [0.05, 0.1) is 25.8 Å². The number of hydrogen-bond donors (Lipinski definition) is 1. The van der Waals surface area contributed by atoms with Crippen molar-refractivity contribution in [1.82, 2.24) is 9.80 Å². The Morgan fingerprint density at radius 3 is 2.41 bits per heavy atom. The lowest BCUT2D eigenvalue weighted by Gasteiger charge is -2.48. The number of hydrogen-bond acceptors (Lipinski definition) is 6. The van der Waals surface area contributed by atoms with Gasteiger partial charge >= 0.3 is 12.1 Å². The first-order valence-corrected chi connectivity index (χ1v) is 9.55. The van der Waals surface area contributed by atoms with E-state index in [4.69, 9.17) is 14.6 Å². The summed E-state index contributed by atoms with van der Waals surface area (Å²) in [5.74, 6) is -0.711. The van der Waals surface area contributed by atoms with Crippen molar-refractivity contribution >= 4 is 23.5 Å². The van der Waals surface area contributed by atoms with E-state index >= 15 is 0 Å². The molecule has 1 aromatic carbocycles. The molecular weight excluding hydrogens is 376 g/mol. The van der Waals surface area contributed by atoms with Crippen LogP contribution >= 0.6 is 0 Å². The molecule has 2 aliphatic rings. The van der Waals surface area contributed by atoms with Gasteiger partial charge in [-0.1, -0.05) is 24.3 Å². The Balaban J connectivity index is 2.08. The second-order valence-corrected chi connectivity index (χ2v) is 7.24. The van der Waals surface area contributed by atoms with Gasteiger partial charge in [0.15, 0.2) is 0 Å². The lowest BCUT2D eigenvalue weighted by Crippen LogP contribution is -2.65. The van der Waals surface area contributed by atoms with Gasteiger partial charge in [-0.05, 0) is 29.5 Å². The highest BCUT2D eigenvalue weighted by Gasteiger charge is 2.50. The number of fused-ring (bicyclic) bond motifs is 2. The summed E-state index contributed by atoms with van der Waals surface area (Å²) in [5, 5.41) is 9.00. The number of benzene rings is 1. The standard InChI is InChI=1S/C21H26N2O6/c1-22-12-17-18(20(26)28-2)15(11-16(19(22)25)23(17)21(27)29-3)14-8-6-13(7-9-14)5-4-10-24/h6-9,16-17,24H,4-5,10-12H2,1-3H3. The van der Waals surface area contributed by atoms with Crippen LogP contribution in [0.5, 0.6) is 0 Å². The molecule has 2 amide bonds. The SMILES string of the molecule is COC(=O)C1=C(c2ccc(CCCO)cc2)CC2C(=O)N(C)CC1N2C(=O)OC. The van der Waals surface area contributed by atoms with Crippen LogP contribution in [-0.2, 0) is 25.5 Å². The molecule has 0 aliphatic carbocycles. The Hall–Kier alpha value is -2.87. The molecule has 29 heavy (non-hydrogen) atoms. The van der Waals surface area contributed by atoms with E-state index in [1.54, 1.807) is 7.05 Å². The first kappa shape index (κ1) is 20.9. The second kappa shape index (κ2) is 8.65. The Kier molecular flexibility index (Phi) is 6.22. The summed E-state index contributed by atoms with van der Waals surface area (Å²) < 4.78 is 9.91. The smallest absolute Gasteiger partial charge is 0.410 e. The number of rotatable bonds is 5. The zero-order valence-electron chi connectivity index (χ0n) is 16.9. The number of nitrogens with zero attached hydrogens (tertiary/aromatic N) is 2. The minimum Gasteiger partial charge on any atom is -0.466 e. The molecule has 3 rings (SSSR count). The number of esters is 1. The third-order valence-electron chi connectivity index (χ3n) is 5.55. The summed E-state index contributed by atoms with van der Waals surface area (Å²) in [5.41, 5.74) is 2.97. The fourth-order valence-corrected chi connectivity index (χ4v) is 4.11. The molecule has 0 spiro atoms. The van der Waals surface area contributed by atoms with E-state index in [-0.39, 0.29) is 25.5 Å². The zero-order valence-corrected chi connectivity index (χ0v) is 16.9. The van der Waals surface area contributed by atoms with Crippen molar-refractivity contribution in [1.29, 1.82) is 0 Å². The number of carbonyl (C=O) groups is 3. The molecule has 2 heterocycles. The van der Waals surface area contributed by atoms with Crippen LogP contribution in [0.15, 0.2) is 29.8 Å². The van der Waals surface area contributed by atoms with Crippen LogP contribution in [0.4, 0.5) is 4.79 Å². The number of amides is 2. The van der Waals surface area contributed by atoms with E-state index in [0.717, 1.165) is 17.5 Å². The van der Waals surface area contributed by atoms with Crippen LogP contribution in [0.25, 0.3) is 5.57 Å². The third kappa shape index (κ3) is 3.85. The summed E-state index contributed by atoms with van der Waals surface area (Å²) in [6, 6.07) is 6.34. The molecule has 2 aliphatic heterocycles. The highest BCUT2D eigenvalue weighted by atomic mass is 16.5. The fourth-order valence-electron chi connectivity index (χ4n) is 4.11. The lowest BCUT2D eigenvalue weighted by atomic mass is 9.81. The predicted octanol–water partition coefficient (Wildman–Crippen LogP) is 1.22. The minimum absolute atomic E-state index is 0.127. The highest BCUT2D eigenvalue weighted by Crippen LogP contribution is 2.39. The topological polar surface area (TPSA) is 96.4 Å². The number of carbonyl (C=O) groups excluding carboxylic acids is 3. The van der Waals surface area contributed by atoms with Gasteiger partial charge in [0.25, 0.3) is 0 Å². The molecule has 1 N–H and O–H groups in total. The largest absolute Gasteiger partial charge is 0.466 e. The molecule has 156 valence electrons. The molecule has 1 fully saturated rings. The summed E-state index contributed by atoms with van der Waals surface area (Å²) in [7, 11) is 4.22. The molecule has 2 unspecified atom stereocenters. The number of methoxy groups -OCH3 is 2. The average Bonchev–Trinajstić information content (AvgIpc) is 2.74. The van der Waals surface area contributed by atoms with Gasteiger partial charge in [-0.2, -0.15) is 0 Å². The van der Waals surface area contributed by atoms with Gasteiger partial charge in [0, 0.05) is 26.6 Å². The second-order valence-electron chi connectivity index (χ2n) is 7.24. The van der Waals surface area contributed by atoms with Crippen LogP contribution in [0.1, 0.15) is 24.0 Å². The molecule has 0 saturated carbocycles. The summed E-state index contributed by atoms with van der Waals surface area (Å²) in [6.07, 6.45) is 0.995. The normalized spacial score (nSPS) is 21.3. The Bertz CT molecular complexity index is 832. The number of ether oxygens (including phenoxy) is 2. The Morgan fingerprint density at radius 2 is 1.83 bits per heavy atom. The van der Waals surface area contributed by atoms with Crippen molar-refractivity contribution in [2.45, 2.75) is 31.3 Å². The van der Waals surface area contributed by atoms with E-state index < -0.39 is 24.1 Å². The maximum atomic E-state index is 12.8. The van der Waals surface area contributed by atoms with Crippen molar-refractivity contribution < 1.29 is 29.0 Å². The maximum Gasteiger partial charge on any atom is 0.410 e. The van der Waals surface area contributed by atoms with E-state index in [1.807, 2.05) is 24.3 Å². The number of aliphatic hydroxyl groups excluding tert-OH is 1. The van der Waals surface area contributed by atoms with Gasteiger partial charge in [-0.3, -0.25) is 9.69 Å². The molecule has 0 radical (unpaired) electrons. The van der Waals surface area contributed by atoms with Crippen LogP contribution < -0.4 is 0 Å². The first-order chi connectivity index (χ1) is 13.9. The van der Waals surface area contributed by atoms with E-state index in [2.05, 4.69) is 0 Å². The van der Waals surface area contributed by atoms with Crippen molar-refractivity contribution in [3.05, 3.63) is 41.0 Å². The van der Waals surface area contributed by atoms with Gasteiger partial charge in [0.1, 0.15) is 6.04 Å². The van der Waals surface area contributed by atoms with Crippen molar-refractivity contribution in [3.8, 4) is 0 Å². The monoisotopic (exact) mass is 402 g/mol.